The standard InChI is InChI=1S/C27H26N2O5/c1-18-5-3-4-6-21(18)17-34-22-9-7-20(8-10-22)25(30)23-24(19-11-13-28-14-12-19)29(15-16-33-2)27(32)26(23)31/h3-14,24,30H,15-17H2,1-2H3/b25-23+/t24-/m0/s1. The summed E-state index contributed by atoms with van der Waals surface area (Å²) in [5.41, 5.74) is 3.38. The molecule has 2 aromatic carbocycles. The van der Waals surface area contributed by atoms with E-state index in [0.29, 0.717) is 23.5 Å². The number of ketones is 1. The number of benzene rings is 2. The maximum Gasteiger partial charge on any atom is 0.295 e. The highest BCUT2D eigenvalue weighted by molar-refractivity contribution is 6.46. The van der Waals surface area contributed by atoms with Crippen LogP contribution in [0.1, 0.15) is 28.3 Å². The van der Waals surface area contributed by atoms with Gasteiger partial charge >= 0.3 is 0 Å². The molecule has 1 N–H and O–H groups in total. The van der Waals surface area contributed by atoms with E-state index in [4.69, 9.17) is 9.47 Å². The van der Waals surface area contributed by atoms with Crippen molar-refractivity contribution in [2.24, 2.45) is 0 Å². The van der Waals surface area contributed by atoms with Crippen molar-refractivity contribution in [1.82, 2.24) is 9.88 Å². The number of nitrogens with zero attached hydrogens (tertiary/aromatic N) is 2. The van der Waals surface area contributed by atoms with Gasteiger partial charge in [0.1, 0.15) is 18.1 Å². The molecule has 34 heavy (non-hydrogen) atoms. The molecule has 1 amide bonds. The lowest BCUT2D eigenvalue weighted by molar-refractivity contribution is -0.140. The quantitative estimate of drug-likeness (QED) is 0.311. The molecule has 0 radical (unpaired) electrons. The maximum absolute atomic E-state index is 12.9. The van der Waals surface area contributed by atoms with Gasteiger partial charge in [0, 0.05) is 31.6 Å². The van der Waals surface area contributed by atoms with Gasteiger partial charge in [-0.15, -0.1) is 0 Å². The summed E-state index contributed by atoms with van der Waals surface area (Å²) in [5.74, 6) is -0.995. The number of amides is 1. The molecule has 0 saturated carbocycles. The number of carbonyl (C=O) groups excluding carboxylic acids is 2. The number of likely N-dealkylation sites (tertiary alicyclic amines) is 1. The summed E-state index contributed by atoms with van der Waals surface area (Å²) in [6.45, 7) is 2.93. The molecule has 1 atom stereocenters. The third-order valence-corrected chi connectivity index (χ3v) is 5.88. The molecule has 4 rings (SSSR count). The number of hydrogen-bond donors (Lipinski definition) is 1. The van der Waals surface area contributed by atoms with Crippen molar-refractivity contribution in [1.29, 1.82) is 0 Å². The van der Waals surface area contributed by atoms with Gasteiger partial charge in [-0.25, -0.2) is 0 Å². The summed E-state index contributed by atoms with van der Waals surface area (Å²) in [5, 5.41) is 11.1. The number of hydrogen-bond acceptors (Lipinski definition) is 6. The van der Waals surface area contributed by atoms with E-state index >= 15 is 0 Å². The Morgan fingerprint density at radius 3 is 2.41 bits per heavy atom. The van der Waals surface area contributed by atoms with Crippen molar-refractivity contribution in [3.63, 3.8) is 0 Å². The number of ether oxygens (including phenoxy) is 2. The smallest absolute Gasteiger partial charge is 0.295 e. The molecule has 3 aromatic rings. The lowest BCUT2D eigenvalue weighted by atomic mass is 9.96. The SMILES string of the molecule is COCCN1C(=O)C(=O)/C(=C(/O)c2ccc(OCc3ccccc3C)cc2)[C@@H]1c1ccncc1. The zero-order valence-electron chi connectivity index (χ0n) is 19.1. The molecule has 1 aromatic heterocycles. The van der Waals surface area contributed by atoms with Crippen LogP contribution < -0.4 is 4.74 Å². The predicted molar refractivity (Wildman–Crippen MR) is 127 cm³/mol. The first kappa shape index (κ1) is 23.2. The molecular weight excluding hydrogens is 432 g/mol. The average Bonchev–Trinajstić information content (AvgIpc) is 3.12. The lowest BCUT2D eigenvalue weighted by Gasteiger charge is -2.24. The summed E-state index contributed by atoms with van der Waals surface area (Å²) < 4.78 is 11.0. The Balaban J connectivity index is 1.63. The minimum Gasteiger partial charge on any atom is -0.507 e. The second-order valence-electron chi connectivity index (χ2n) is 8.01. The zero-order chi connectivity index (χ0) is 24.1. The van der Waals surface area contributed by atoms with Gasteiger partial charge in [0.15, 0.2) is 0 Å². The second kappa shape index (κ2) is 10.3. The van der Waals surface area contributed by atoms with Gasteiger partial charge in [-0.1, -0.05) is 24.3 Å². The minimum atomic E-state index is -0.727. The molecule has 1 saturated heterocycles. The van der Waals surface area contributed by atoms with Crippen molar-refractivity contribution in [2.75, 3.05) is 20.3 Å². The highest BCUT2D eigenvalue weighted by Crippen LogP contribution is 2.39. The molecule has 0 aliphatic carbocycles. The topological polar surface area (TPSA) is 89.0 Å². The van der Waals surface area contributed by atoms with Crippen LogP contribution in [0, 0.1) is 6.92 Å². The number of carbonyl (C=O) groups is 2. The minimum absolute atomic E-state index is 0.0425. The van der Waals surface area contributed by atoms with Crippen LogP contribution in [0.15, 0.2) is 78.6 Å². The Labute approximate surface area is 198 Å². The van der Waals surface area contributed by atoms with Crippen LogP contribution in [-0.4, -0.2) is 46.9 Å². The van der Waals surface area contributed by atoms with Crippen molar-refractivity contribution >= 4 is 17.4 Å². The first-order valence-corrected chi connectivity index (χ1v) is 11.0. The van der Waals surface area contributed by atoms with Gasteiger partial charge < -0.3 is 19.5 Å². The average molecular weight is 459 g/mol. The fourth-order valence-electron chi connectivity index (χ4n) is 3.99. The third kappa shape index (κ3) is 4.70. The van der Waals surface area contributed by atoms with Gasteiger partial charge in [0.25, 0.3) is 11.7 Å². The molecule has 7 heteroatoms. The van der Waals surface area contributed by atoms with Gasteiger partial charge in [0.2, 0.25) is 0 Å². The molecule has 0 unspecified atom stereocenters. The van der Waals surface area contributed by atoms with Crippen molar-refractivity contribution in [3.8, 4) is 5.75 Å². The van der Waals surface area contributed by atoms with Gasteiger partial charge in [-0.05, 0) is 60.0 Å². The van der Waals surface area contributed by atoms with E-state index in [9.17, 15) is 14.7 Å². The summed E-state index contributed by atoms with van der Waals surface area (Å²) in [6.07, 6.45) is 3.18. The van der Waals surface area contributed by atoms with E-state index in [1.165, 1.54) is 12.0 Å². The van der Waals surface area contributed by atoms with Crippen LogP contribution >= 0.6 is 0 Å². The van der Waals surface area contributed by atoms with Crippen LogP contribution in [0.5, 0.6) is 5.75 Å². The van der Waals surface area contributed by atoms with Crippen LogP contribution in [0.25, 0.3) is 5.76 Å². The number of aryl methyl sites for hydroxylation is 1. The fourth-order valence-corrected chi connectivity index (χ4v) is 3.99. The summed E-state index contributed by atoms with van der Waals surface area (Å²) in [4.78, 5) is 31.2. The Kier molecular flexibility index (Phi) is 7.04. The number of aliphatic hydroxyl groups is 1. The van der Waals surface area contributed by atoms with Gasteiger partial charge in [-0.3, -0.25) is 14.6 Å². The van der Waals surface area contributed by atoms with Gasteiger partial charge in [0.05, 0.1) is 18.2 Å². The normalized spacial score (nSPS) is 17.2. The monoisotopic (exact) mass is 458 g/mol. The van der Waals surface area contributed by atoms with Crippen LogP contribution in [-0.2, 0) is 20.9 Å². The predicted octanol–water partition coefficient (Wildman–Crippen LogP) is 4.04. The summed E-state index contributed by atoms with van der Waals surface area (Å²) in [7, 11) is 1.53. The Hall–Kier alpha value is -3.97. The first-order valence-electron chi connectivity index (χ1n) is 11.0. The molecule has 0 bridgehead atoms. The number of rotatable bonds is 8. The fraction of sp³-hybridized carbons (Fsp3) is 0.222. The molecule has 1 aliphatic rings. The Bertz CT molecular complexity index is 1210. The highest BCUT2D eigenvalue weighted by atomic mass is 16.5. The lowest BCUT2D eigenvalue weighted by Crippen LogP contribution is -2.32. The zero-order valence-corrected chi connectivity index (χ0v) is 19.1. The van der Waals surface area contributed by atoms with Gasteiger partial charge in [-0.2, -0.15) is 0 Å². The molecule has 7 nitrogen and oxygen atoms in total. The molecular formula is C27H26N2O5. The number of aromatic nitrogens is 1. The van der Waals surface area contributed by atoms with E-state index < -0.39 is 17.7 Å². The van der Waals surface area contributed by atoms with Crippen molar-refractivity contribution in [3.05, 3.63) is 101 Å². The summed E-state index contributed by atoms with van der Waals surface area (Å²) in [6, 6.07) is 17.5. The molecule has 1 fully saturated rings. The van der Waals surface area contributed by atoms with E-state index in [1.807, 2.05) is 31.2 Å². The summed E-state index contributed by atoms with van der Waals surface area (Å²) >= 11 is 0. The molecule has 0 spiro atoms. The molecule has 1 aliphatic heterocycles. The van der Waals surface area contributed by atoms with Crippen molar-refractivity contribution in [2.45, 2.75) is 19.6 Å². The Morgan fingerprint density at radius 1 is 1.03 bits per heavy atom. The van der Waals surface area contributed by atoms with E-state index in [-0.39, 0.29) is 24.5 Å². The van der Waals surface area contributed by atoms with Crippen molar-refractivity contribution < 1.29 is 24.2 Å². The maximum atomic E-state index is 12.9. The largest absolute Gasteiger partial charge is 0.507 e. The van der Waals surface area contributed by atoms with Crippen LogP contribution in [0.2, 0.25) is 0 Å². The number of aliphatic hydroxyl groups excluding tert-OH is 1. The first-order chi connectivity index (χ1) is 16.5. The number of Topliss-reactive ketones (excluding diaryl/α,β-unsaturated/α-hetero) is 1. The van der Waals surface area contributed by atoms with E-state index in [2.05, 4.69) is 4.98 Å². The van der Waals surface area contributed by atoms with Crippen LogP contribution in [0.3, 0.4) is 0 Å². The Morgan fingerprint density at radius 2 is 1.74 bits per heavy atom. The van der Waals surface area contributed by atoms with Crippen LogP contribution in [0.4, 0.5) is 0 Å². The number of methoxy groups -OCH3 is 1. The third-order valence-electron chi connectivity index (χ3n) is 5.88. The molecule has 2 heterocycles. The van der Waals surface area contributed by atoms with E-state index in [1.54, 1.807) is 48.8 Å². The van der Waals surface area contributed by atoms with E-state index in [0.717, 1.165) is 11.1 Å². The molecule has 174 valence electrons. The number of pyridine rings is 1. The highest BCUT2D eigenvalue weighted by Gasteiger charge is 2.45. The second-order valence-corrected chi connectivity index (χ2v) is 8.01.